The van der Waals surface area contributed by atoms with Crippen LogP contribution in [0.1, 0.15) is 39.3 Å². The van der Waals surface area contributed by atoms with E-state index in [-0.39, 0.29) is 0 Å². The van der Waals surface area contributed by atoms with Crippen molar-refractivity contribution in [2.24, 2.45) is 0 Å². The Morgan fingerprint density at radius 3 is 2.79 bits per heavy atom. The highest BCUT2D eigenvalue weighted by atomic mass is 16.5. The highest BCUT2D eigenvalue weighted by Gasteiger charge is 2.00. The SMILES string of the molecule is CCCCOCCOc1cccc(CNC(C)C)n1. The number of rotatable bonds is 10. The Labute approximate surface area is 116 Å². The van der Waals surface area contributed by atoms with Gasteiger partial charge in [-0.05, 0) is 12.5 Å². The Morgan fingerprint density at radius 1 is 1.21 bits per heavy atom. The van der Waals surface area contributed by atoms with Crippen LogP contribution in [0.3, 0.4) is 0 Å². The molecule has 1 aromatic heterocycles. The highest BCUT2D eigenvalue weighted by molar-refractivity contribution is 5.15. The molecule has 0 atom stereocenters. The Morgan fingerprint density at radius 2 is 2.05 bits per heavy atom. The van der Waals surface area contributed by atoms with E-state index in [1.807, 2.05) is 18.2 Å². The van der Waals surface area contributed by atoms with Crippen LogP contribution in [0.5, 0.6) is 5.88 Å². The van der Waals surface area contributed by atoms with Gasteiger partial charge in [0.15, 0.2) is 0 Å². The molecular formula is C15H26N2O2. The van der Waals surface area contributed by atoms with Crippen molar-refractivity contribution in [1.82, 2.24) is 10.3 Å². The van der Waals surface area contributed by atoms with Crippen LogP contribution in [0.15, 0.2) is 18.2 Å². The first kappa shape index (κ1) is 15.9. The second-order valence-electron chi connectivity index (χ2n) is 4.82. The predicted molar refractivity (Wildman–Crippen MR) is 77.4 cm³/mol. The van der Waals surface area contributed by atoms with E-state index in [0.717, 1.165) is 31.7 Å². The maximum Gasteiger partial charge on any atom is 0.213 e. The number of pyridine rings is 1. The van der Waals surface area contributed by atoms with Crippen molar-refractivity contribution < 1.29 is 9.47 Å². The molecule has 4 heteroatoms. The fourth-order valence-electron chi connectivity index (χ4n) is 1.50. The summed E-state index contributed by atoms with van der Waals surface area (Å²) in [6.45, 7) is 9.14. The molecule has 0 aliphatic carbocycles. The van der Waals surface area contributed by atoms with Crippen LogP contribution in [-0.4, -0.2) is 30.8 Å². The largest absolute Gasteiger partial charge is 0.475 e. The van der Waals surface area contributed by atoms with Crippen molar-refractivity contribution in [3.05, 3.63) is 23.9 Å². The number of nitrogens with one attached hydrogen (secondary N) is 1. The van der Waals surface area contributed by atoms with Crippen molar-refractivity contribution in [2.75, 3.05) is 19.8 Å². The Bertz CT molecular complexity index is 343. The van der Waals surface area contributed by atoms with Gasteiger partial charge >= 0.3 is 0 Å². The standard InChI is InChI=1S/C15H26N2O2/c1-4-5-9-18-10-11-19-15-8-6-7-14(17-15)12-16-13(2)3/h6-8,13,16H,4-5,9-12H2,1-3H3. The van der Waals surface area contributed by atoms with E-state index in [1.165, 1.54) is 0 Å². The lowest BCUT2D eigenvalue weighted by molar-refractivity contribution is 0.0964. The molecule has 4 nitrogen and oxygen atoms in total. The zero-order chi connectivity index (χ0) is 13.9. The third kappa shape index (κ3) is 7.80. The Balaban J connectivity index is 2.24. The first-order valence-electron chi connectivity index (χ1n) is 7.12. The summed E-state index contributed by atoms with van der Waals surface area (Å²) in [6, 6.07) is 6.31. The van der Waals surface area contributed by atoms with Crippen molar-refractivity contribution in [3.8, 4) is 5.88 Å². The summed E-state index contributed by atoms with van der Waals surface area (Å²) in [4.78, 5) is 4.44. The van der Waals surface area contributed by atoms with Crippen molar-refractivity contribution in [1.29, 1.82) is 0 Å². The van der Waals surface area contributed by atoms with Crippen molar-refractivity contribution in [2.45, 2.75) is 46.2 Å². The van der Waals surface area contributed by atoms with Gasteiger partial charge in [0, 0.05) is 25.3 Å². The number of ether oxygens (including phenoxy) is 2. The summed E-state index contributed by atoms with van der Waals surface area (Å²) < 4.78 is 11.0. The average Bonchev–Trinajstić information content (AvgIpc) is 2.41. The maximum absolute atomic E-state index is 5.57. The molecule has 0 bridgehead atoms. The van der Waals surface area contributed by atoms with Crippen LogP contribution in [0.25, 0.3) is 0 Å². The molecule has 0 aromatic carbocycles. The van der Waals surface area contributed by atoms with Gasteiger partial charge < -0.3 is 14.8 Å². The molecule has 0 spiro atoms. The molecule has 0 unspecified atom stereocenters. The van der Waals surface area contributed by atoms with Gasteiger partial charge in [0.25, 0.3) is 0 Å². The van der Waals surface area contributed by atoms with Gasteiger partial charge in [-0.1, -0.05) is 33.3 Å². The summed E-state index contributed by atoms with van der Waals surface area (Å²) in [5.74, 6) is 0.669. The minimum Gasteiger partial charge on any atom is -0.475 e. The van der Waals surface area contributed by atoms with E-state index in [4.69, 9.17) is 9.47 Å². The second-order valence-corrected chi connectivity index (χ2v) is 4.82. The zero-order valence-corrected chi connectivity index (χ0v) is 12.3. The van der Waals surface area contributed by atoms with Crippen LogP contribution < -0.4 is 10.1 Å². The van der Waals surface area contributed by atoms with Gasteiger partial charge in [0.2, 0.25) is 5.88 Å². The minimum absolute atomic E-state index is 0.457. The molecule has 1 heterocycles. The van der Waals surface area contributed by atoms with E-state index in [0.29, 0.717) is 25.1 Å². The average molecular weight is 266 g/mol. The number of nitrogens with zero attached hydrogens (tertiary/aromatic N) is 1. The lowest BCUT2D eigenvalue weighted by Gasteiger charge is -2.09. The fourth-order valence-corrected chi connectivity index (χ4v) is 1.50. The Kier molecular flexibility index (Phi) is 8.18. The first-order valence-corrected chi connectivity index (χ1v) is 7.12. The summed E-state index contributed by atoms with van der Waals surface area (Å²) in [6.07, 6.45) is 2.27. The van der Waals surface area contributed by atoms with Crippen LogP contribution in [-0.2, 0) is 11.3 Å². The van der Waals surface area contributed by atoms with E-state index < -0.39 is 0 Å². The van der Waals surface area contributed by atoms with Gasteiger partial charge in [-0.15, -0.1) is 0 Å². The molecule has 0 amide bonds. The van der Waals surface area contributed by atoms with E-state index in [9.17, 15) is 0 Å². The van der Waals surface area contributed by atoms with E-state index in [1.54, 1.807) is 0 Å². The third-order valence-corrected chi connectivity index (χ3v) is 2.59. The van der Waals surface area contributed by atoms with Gasteiger partial charge in [0.1, 0.15) is 6.61 Å². The minimum atomic E-state index is 0.457. The molecule has 1 N–H and O–H groups in total. The molecule has 0 aliphatic heterocycles. The van der Waals surface area contributed by atoms with Crippen LogP contribution in [0.2, 0.25) is 0 Å². The zero-order valence-electron chi connectivity index (χ0n) is 12.3. The second kappa shape index (κ2) is 9.75. The van der Waals surface area contributed by atoms with Crippen molar-refractivity contribution in [3.63, 3.8) is 0 Å². The Hall–Kier alpha value is -1.13. The molecular weight excluding hydrogens is 240 g/mol. The van der Waals surface area contributed by atoms with E-state index in [2.05, 4.69) is 31.1 Å². The van der Waals surface area contributed by atoms with Gasteiger partial charge in [-0.25, -0.2) is 4.98 Å². The molecule has 0 saturated heterocycles. The number of unbranched alkanes of at least 4 members (excludes halogenated alkanes) is 1. The lowest BCUT2D eigenvalue weighted by Crippen LogP contribution is -2.22. The van der Waals surface area contributed by atoms with Gasteiger partial charge in [-0.3, -0.25) is 0 Å². The van der Waals surface area contributed by atoms with E-state index >= 15 is 0 Å². The quantitative estimate of drug-likeness (QED) is 0.661. The van der Waals surface area contributed by atoms with Crippen LogP contribution in [0, 0.1) is 0 Å². The third-order valence-electron chi connectivity index (χ3n) is 2.59. The van der Waals surface area contributed by atoms with Crippen LogP contribution in [0.4, 0.5) is 0 Å². The highest BCUT2D eigenvalue weighted by Crippen LogP contribution is 2.07. The topological polar surface area (TPSA) is 43.4 Å². The monoisotopic (exact) mass is 266 g/mol. The van der Waals surface area contributed by atoms with Crippen LogP contribution >= 0.6 is 0 Å². The summed E-state index contributed by atoms with van der Waals surface area (Å²) in [5.41, 5.74) is 0.998. The number of hydrogen-bond acceptors (Lipinski definition) is 4. The summed E-state index contributed by atoms with van der Waals surface area (Å²) >= 11 is 0. The lowest BCUT2D eigenvalue weighted by atomic mass is 10.3. The normalized spacial score (nSPS) is 10.9. The number of aromatic nitrogens is 1. The van der Waals surface area contributed by atoms with Crippen molar-refractivity contribution >= 4 is 0 Å². The molecule has 19 heavy (non-hydrogen) atoms. The molecule has 108 valence electrons. The maximum atomic E-state index is 5.57. The molecule has 0 radical (unpaired) electrons. The molecule has 0 fully saturated rings. The molecule has 0 saturated carbocycles. The summed E-state index contributed by atoms with van der Waals surface area (Å²) in [7, 11) is 0. The fraction of sp³-hybridized carbons (Fsp3) is 0.667. The van der Waals surface area contributed by atoms with Gasteiger partial charge in [-0.2, -0.15) is 0 Å². The molecule has 0 aliphatic rings. The molecule has 1 rings (SSSR count). The predicted octanol–water partition coefficient (Wildman–Crippen LogP) is 2.78. The first-order chi connectivity index (χ1) is 9.22. The number of hydrogen-bond donors (Lipinski definition) is 1. The smallest absolute Gasteiger partial charge is 0.213 e. The molecule has 1 aromatic rings. The summed E-state index contributed by atoms with van der Waals surface area (Å²) in [5, 5.41) is 3.34. The van der Waals surface area contributed by atoms with Gasteiger partial charge in [0.05, 0.1) is 12.3 Å².